The van der Waals surface area contributed by atoms with Crippen LogP contribution in [0.15, 0.2) is 41.1 Å². The third kappa shape index (κ3) is 7.30. The molecule has 2 saturated heterocycles. The molecule has 4 aliphatic heterocycles. The number of anilines is 1. The van der Waals surface area contributed by atoms with E-state index in [0.29, 0.717) is 5.56 Å². The zero-order valence-electron chi connectivity index (χ0n) is 25.8. The molecule has 0 amide bonds. The summed E-state index contributed by atoms with van der Waals surface area (Å²) < 4.78 is 22.4. The van der Waals surface area contributed by atoms with Gasteiger partial charge < -0.3 is 80.0 Å². The van der Waals surface area contributed by atoms with Gasteiger partial charge in [-0.2, -0.15) is 0 Å². The summed E-state index contributed by atoms with van der Waals surface area (Å²) in [7, 11) is 0. The van der Waals surface area contributed by atoms with Gasteiger partial charge in [0.15, 0.2) is 29.9 Å². The van der Waals surface area contributed by atoms with E-state index >= 15 is 0 Å². The Bertz CT molecular complexity index is 1560. The number of hydrogen-bond donors (Lipinski definition) is 11. The summed E-state index contributed by atoms with van der Waals surface area (Å²) in [6, 6.07) is -0.227. The van der Waals surface area contributed by atoms with Gasteiger partial charge in [-0.1, -0.05) is 0 Å². The van der Waals surface area contributed by atoms with Crippen LogP contribution in [0.1, 0.15) is 12.0 Å². The number of fused-ring (bicyclic) bond motifs is 1. The van der Waals surface area contributed by atoms with Crippen LogP contribution in [0.4, 0.5) is 5.69 Å². The molecule has 4 aliphatic rings. The fraction of sp³-hybridized carbons (Fsp3) is 0.533. The summed E-state index contributed by atoms with van der Waals surface area (Å²) in [5.74, 6) is -5.02. The molecule has 0 spiro atoms. The number of aromatic hydroxyl groups is 1. The molecule has 12 atom stereocenters. The maximum atomic E-state index is 12.2. The first kappa shape index (κ1) is 37.0. The lowest BCUT2D eigenvalue weighted by Crippen LogP contribution is -2.65. The van der Waals surface area contributed by atoms with Crippen LogP contribution in [0.2, 0.25) is 0 Å². The highest BCUT2D eigenvalue weighted by Crippen LogP contribution is 2.42. The molecule has 20 nitrogen and oxygen atoms in total. The second-order valence-corrected chi connectivity index (χ2v) is 11.9. The molecule has 1 aromatic rings. The largest absolute Gasteiger partial charge is 0.504 e. The average Bonchev–Trinajstić information content (AvgIpc) is 3.43. The minimum atomic E-state index is -1.92. The topological polar surface area (TPSA) is 326 Å². The number of phenolic OH excluding ortho intramolecular Hbond substituents is 1. The third-order valence-electron chi connectivity index (χ3n) is 8.68. The quantitative estimate of drug-likeness (QED) is 0.104. The van der Waals surface area contributed by atoms with Crippen molar-refractivity contribution < 1.29 is 89.5 Å². The van der Waals surface area contributed by atoms with E-state index in [9.17, 15) is 70.6 Å². The van der Waals surface area contributed by atoms with Crippen molar-refractivity contribution in [2.75, 3.05) is 18.1 Å². The highest BCUT2D eigenvalue weighted by molar-refractivity contribution is 6.41. The van der Waals surface area contributed by atoms with E-state index in [1.54, 1.807) is 0 Å². The molecular weight excluding hydrogens is 676 g/mol. The monoisotopic (exact) mass is 712 g/mol. The van der Waals surface area contributed by atoms with E-state index in [1.165, 1.54) is 23.2 Å². The Labute approximate surface area is 281 Å². The summed E-state index contributed by atoms with van der Waals surface area (Å²) in [5, 5.41) is 111. The average molecular weight is 713 g/mol. The maximum absolute atomic E-state index is 12.2. The molecule has 5 rings (SSSR count). The van der Waals surface area contributed by atoms with Gasteiger partial charge in [0.25, 0.3) is 0 Å². The van der Waals surface area contributed by atoms with E-state index in [2.05, 4.69) is 4.99 Å². The summed E-state index contributed by atoms with van der Waals surface area (Å²) >= 11 is 0. The Morgan fingerprint density at radius 3 is 2.10 bits per heavy atom. The molecule has 0 saturated carbocycles. The number of aliphatic hydroxyl groups excluding tert-OH is 7. The van der Waals surface area contributed by atoms with Crippen LogP contribution in [-0.2, 0) is 35.0 Å². The van der Waals surface area contributed by atoms with E-state index in [-0.39, 0.29) is 29.9 Å². The fourth-order valence-corrected chi connectivity index (χ4v) is 5.98. The van der Waals surface area contributed by atoms with Crippen LogP contribution in [-0.4, -0.2) is 167 Å². The number of phenols is 1. The number of aliphatic carboxylic acids is 3. The smallest absolute Gasteiger partial charge is 0.354 e. The molecule has 11 N–H and O–H groups in total. The van der Waals surface area contributed by atoms with Crippen molar-refractivity contribution in [2.24, 2.45) is 4.99 Å². The van der Waals surface area contributed by atoms with Crippen molar-refractivity contribution in [3.63, 3.8) is 0 Å². The second kappa shape index (κ2) is 14.9. The number of benzene rings is 1. The number of rotatable bonds is 11. The molecule has 20 heteroatoms. The Balaban J connectivity index is 1.42. The molecule has 4 heterocycles. The molecule has 274 valence electrons. The van der Waals surface area contributed by atoms with Crippen molar-refractivity contribution >= 4 is 29.3 Å². The van der Waals surface area contributed by atoms with E-state index in [1.807, 2.05) is 0 Å². The van der Waals surface area contributed by atoms with Crippen molar-refractivity contribution in [2.45, 2.75) is 86.3 Å². The predicted molar refractivity (Wildman–Crippen MR) is 161 cm³/mol. The first-order valence-corrected chi connectivity index (χ1v) is 15.2. The zero-order chi connectivity index (χ0) is 36.6. The van der Waals surface area contributed by atoms with Gasteiger partial charge in [0, 0.05) is 30.8 Å². The SMILES string of the molecule is O=C(O)C1=N[C@H](C(=O)O)CC(/C=C/N2c3cc(O)c(O[C@H]4O[C@H](CO)[C@@H](O)[C@H](O)[C@H]4O[C@@H]4O[C@H](CO)[C@@H](O)[C@H](O)[C@H]4O)cc3C[C@H]2C(=O)O)=C1. The Morgan fingerprint density at radius 2 is 1.50 bits per heavy atom. The normalized spacial score (nSPS) is 35.7. The molecule has 2 fully saturated rings. The van der Waals surface area contributed by atoms with Crippen LogP contribution in [0.3, 0.4) is 0 Å². The predicted octanol–water partition coefficient (Wildman–Crippen LogP) is -3.97. The first-order valence-electron chi connectivity index (χ1n) is 15.2. The lowest BCUT2D eigenvalue weighted by molar-refractivity contribution is -0.358. The van der Waals surface area contributed by atoms with Gasteiger partial charge in [-0.05, 0) is 29.4 Å². The van der Waals surface area contributed by atoms with Crippen LogP contribution in [0.5, 0.6) is 11.5 Å². The second-order valence-electron chi connectivity index (χ2n) is 11.9. The van der Waals surface area contributed by atoms with Crippen molar-refractivity contribution in [3.05, 3.63) is 41.6 Å². The first-order chi connectivity index (χ1) is 23.6. The van der Waals surface area contributed by atoms with Gasteiger partial charge in [-0.25, -0.2) is 14.4 Å². The van der Waals surface area contributed by atoms with Crippen molar-refractivity contribution in [3.8, 4) is 11.5 Å². The molecular formula is C30H36N2O18. The number of carboxylic acids is 3. The molecule has 0 radical (unpaired) electrons. The van der Waals surface area contributed by atoms with E-state index in [4.69, 9.17) is 18.9 Å². The number of carbonyl (C=O) groups is 3. The summed E-state index contributed by atoms with van der Waals surface area (Å²) in [4.78, 5) is 40.2. The summed E-state index contributed by atoms with van der Waals surface area (Å²) in [6.45, 7) is -1.61. The van der Waals surface area contributed by atoms with Crippen molar-refractivity contribution in [1.82, 2.24) is 0 Å². The van der Waals surface area contributed by atoms with Crippen LogP contribution in [0, 0.1) is 0 Å². The molecule has 0 aromatic heterocycles. The van der Waals surface area contributed by atoms with Gasteiger partial charge in [0.1, 0.15) is 54.5 Å². The van der Waals surface area contributed by atoms with Gasteiger partial charge in [-0.15, -0.1) is 0 Å². The minimum absolute atomic E-state index is 0.152. The summed E-state index contributed by atoms with van der Waals surface area (Å²) in [5.41, 5.74) is 0.217. The van der Waals surface area contributed by atoms with E-state index < -0.39 is 116 Å². The van der Waals surface area contributed by atoms with Gasteiger partial charge >= 0.3 is 17.9 Å². The molecule has 0 bridgehead atoms. The number of hydrogen-bond acceptors (Lipinski definition) is 17. The van der Waals surface area contributed by atoms with Crippen LogP contribution in [0.25, 0.3) is 0 Å². The zero-order valence-corrected chi connectivity index (χ0v) is 25.8. The molecule has 0 aliphatic carbocycles. The van der Waals surface area contributed by atoms with E-state index in [0.717, 1.165) is 12.1 Å². The number of aliphatic hydroxyl groups is 7. The lowest BCUT2D eigenvalue weighted by atomic mass is 9.97. The summed E-state index contributed by atoms with van der Waals surface area (Å²) in [6.07, 6.45) is -13.9. The van der Waals surface area contributed by atoms with Gasteiger partial charge in [0.05, 0.1) is 13.2 Å². The number of nitrogens with zero attached hydrogens (tertiary/aromatic N) is 2. The Hall–Kier alpha value is -4.22. The number of carboxylic acid groups (broad SMARTS) is 3. The lowest BCUT2D eigenvalue weighted by Gasteiger charge is -2.45. The fourth-order valence-electron chi connectivity index (χ4n) is 5.98. The minimum Gasteiger partial charge on any atom is -0.504 e. The Kier molecular flexibility index (Phi) is 11.1. The molecule has 1 aromatic carbocycles. The maximum Gasteiger partial charge on any atom is 0.354 e. The highest BCUT2D eigenvalue weighted by atomic mass is 16.8. The molecule has 0 unspecified atom stereocenters. The van der Waals surface area contributed by atoms with Gasteiger partial charge in [0.2, 0.25) is 6.29 Å². The van der Waals surface area contributed by atoms with Gasteiger partial charge in [-0.3, -0.25) is 4.99 Å². The third-order valence-corrected chi connectivity index (χ3v) is 8.68. The number of allylic oxidation sites excluding steroid dienone is 1. The van der Waals surface area contributed by atoms with Crippen molar-refractivity contribution in [1.29, 1.82) is 0 Å². The molecule has 50 heavy (non-hydrogen) atoms. The Morgan fingerprint density at radius 1 is 0.860 bits per heavy atom. The van der Waals surface area contributed by atoms with Crippen LogP contribution >= 0.6 is 0 Å². The highest BCUT2D eigenvalue weighted by Gasteiger charge is 2.51. The number of dihydropyridines is 1. The number of ether oxygens (including phenoxy) is 4. The number of aliphatic imine (C=N–C) groups is 1. The van der Waals surface area contributed by atoms with Crippen LogP contribution < -0.4 is 9.64 Å². The standard InChI is InChI=1S/C30H36N2O18/c33-8-18-20(36)22(38)24(40)29(48-18)50-25-23(39)21(37)19(9-34)49-30(25)47-17-6-11-5-15(28(45)46)32(14(11)7-16(17)35)2-1-10-3-12(26(41)42)31-13(4-10)27(43)44/h1-3,6-7,13,15,18-25,29-30,33-40H,4-5,8-9H2,(H,41,42)(H,43,44)(H,45,46)/b2-1+/t13-,15-,18+,19+,20+,21+,22-,23-,24+,25+,29-,30-/m0/s1.